The van der Waals surface area contributed by atoms with E-state index in [1.807, 2.05) is 37.3 Å². The number of carbonyl (C=O) groups is 1. The van der Waals surface area contributed by atoms with Crippen molar-refractivity contribution in [1.82, 2.24) is 5.32 Å². The van der Waals surface area contributed by atoms with Crippen LogP contribution in [0, 0.1) is 5.82 Å². The van der Waals surface area contributed by atoms with Crippen molar-refractivity contribution in [1.29, 1.82) is 0 Å². The Labute approximate surface area is 117 Å². The van der Waals surface area contributed by atoms with Gasteiger partial charge in [-0.1, -0.05) is 43.3 Å². The summed E-state index contributed by atoms with van der Waals surface area (Å²) in [4.78, 5) is 12.1. The number of benzene rings is 2. The molecule has 2 aromatic carbocycles. The zero-order chi connectivity index (χ0) is 14.5. The van der Waals surface area contributed by atoms with Gasteiger partial charge in [-0.3, -0.25) is 4.79 Å². The zero-order valence-electron chi connectivity index (χ0n) is 11.1. The molecule has 0 fully saturated rings. The molecule has 0 bridgehead atoms. The van der Waals surface area contributed by atoms with E-state index in [-0.39, 0.29) is 17.4 Å². The number of halogens is 1. The van der Waals surface area contributed by atoms with Gasteiger partial charge in [0.2, 0.25) is 0 Å². The molecule has 0 aliphatic rings. The first-order valence-electron chi connectivity index (χ1n) is 6.46. The smallest absolute Gasteiger partial charge is 0.258 e. The fraction of sp³-hybridized carbons (Fsp3) is 0.188. The third-order valence-corrected chi connectivity index (χ3v) is 3.13. The van der Waals surface area contributed by atoms with Gasteiger partial charge in [-0.05, 0) is 24.1 Å². The Bertz CT molecular complexity index is 578. The van der Waals surface area contributed by atoms with Crippen LogP contribution in [0.3, 0.4) is 0 Å². The lowest BCUT2D eigenvalue weighted by molar-refractivity contribution is 0.0928. The summed E-state index contributed by atoms with van der Waals surface area (Å²) in [6.07, 6.45) is 0.672. The van der Waals surface area contributed by atoms with Gasteiger partial charge in [0.1, 0.15) is 17.1 Å². The van der Waals surface area contributed by atoms with Gasteiger partial charge in [0, 0.05) is 0 Å². The number of nitrogens with one attached hydrogen (secondary N) is 1. The van der Waals surface area contributed by atoms with E-state index in [0.717, 1.165) is 11.6 Å². The van der Waals surface area contributed by atoms with Gasteiger partial charge in [-0.25, -0.2) is 4.39 Å². The lowest BCUT2D eigenvalue weighted by atomic mass is 10.0. The Kier molecular flexibility index (Phi) is 4.35. The molecule has 1 amide bonds. The molecule has 0 aromatic heterocycles. The number of phenolic OH excluding ortho intramolecular Hbond substituents is 1. The van der Waals surface area contributed by atoms with Crippen molar-refractivity contribution in [3.63, 3.8) is 0 Å². The highest BCUT2D eigenvalue weighted by molar-refractivity contribution is 5.97. The monoisotopic (exact) mass is 273 g/mol. The lowest BCUT2D eigenvalue weighted by Gasteiger charge is -2.18. The average molecular weight is 273 g/mol. The Morgan fingerprint density at radius 1 is 1.20 bits per heavy atom. The van der Waals surface area contributed by atoms with Crippen LogP contribution in [0.5, 0.6) is 5.75 Å². The normalized spacial score (nSPS) is 11.9. The SMILES string of the molecule is CCC(NC(=O)c1c(O)cccc1F)c1ccccc1. The summed E-state index contributed by atoms with van der Waals surface area (Å²) in [5.74, 6) is -1.70. The van der Waals surface area contributed by atoms with Crippen molar-refractivity contribution < 1.29 is 14.3 Å². The van der Waals surface area contributed by atoms with Gasteiger partial charge in [-0.15, -0.1) is 0 Å². The van der Waals surface area contributed by atoms with E-state index >= 15 is 0 Å². The summed E-state index contributed by atoms with van der Waals surface area (Å²) in [5.41, 5.74) is 0.626. The van der Waals surface area contributed by atoms with E-state index in [1.165, 1.54) is 12.1 Å². The number of amides is 1. The van der Waals surface area contributed by atoms with Gasteiger partial charge in [0.15, 0.2) is 0 Å². The fourth-order valence-corrected chi connectivity index (χ4v) is 2.07. The number of carbonyl (C=O) groups excluding carboxylic acids is 1. The molecule has 1 unspecified atom stereocenters. The number of rotatable bonds is 4. The maximum atomic E-state index is 13.6. The second-order valence-corrected chi connectivity index (χ2v) is 4.48. The van der Waals surface area contributed by atoms with Crippen molar-refractivity contribution in [2.24, 2.45) is 0 Å². The molecule has 0 saturated carbocycles. The molecule has 2 rings (SSSR count). The first-order valence-corrected chi connectivity index (χ1v) is 6.46. The molecule has 0 saturated heterocycles. The molecular weight excluding hydrogens is 257 g/mol. The third kappa shape index (κ3) is 2.96. The summed E-state index contributed by atoms with van der Waals surface area (Å²) in [5, 5.41) is 12.4. The van der Waals surface area contributed by atoms with Crippen LogP contribution in [-0.4, -0.2) is 11.0 Å². The molecule has 0 radical (unpaired) electrons. The Morgan fingerprint density at radius 2 is 1.90 bits per heavy atom. The second kappa shape index (κ2) is 6.19. The van der Waals surface area contributed by atoms with E-state index in [4.69, 9.17) is 0 Å². The molecule has 0 heterocycles. The molecule has 3 nitrogen and oxygen atoms in total. The topological polar surface area (TPSA) is 49.3 Å². The predicted octanol–water partition coefficient (Wildman–Crippen LogP) is 3.41. The van der Waals surface area contributed by atoms with E-state index < -0.39 is 11.7 Å². The van der Waals surface area contributed by atoms with E-state index in [9.17, 15) is 14.3 Å². The highest BCUT2D eigenvalue weighted by Crippen LogP contribution is 2.22. The molecule has 0 aliphatic carbocycles. The zero-order valence-corrected chi connectivity index (χ0v) is 11.1. The Balaban J connectivity index is 2.22. The molecule has 4 heteroatoms. The molecule has 104 valence electrons. The lowest BCUT2D eigenvalue weighted by Crippen LogP contribution is -2.28. The van der Waals surface area contributed by atoms with Crippen LogP contribution < -0.4 is 5.32 Å². The third-order valence-electron chi connectivity index (χ3n) is 3.13. The van der Waals surface area contributed by atoms with Gasteiger partial charge in [0.05, 0.1) is 6.04 Å². The van der Waals surface area contributed by atoms with Crippen molar-refractivity contribution in [3.05, 3.63) is 65.5 Å². The Hall–Kier alpha value is -2.36. The molecule has 1 atom stereocenters. The number of hydrogen-bond acceptors (Lipinski definition) is 2. The maximum Gasteiger partial charge on any atom is 0.258 e. The van der Waals surface area contributed by atoms with Crippen LogP contribution >= 0.6 is 0 Å². The largest absolute Gasteiger partial charge is 0.507 e. The minimum atomic E-state index is -0.731. The van der Waals surface area contributed by atoms with Crippen LogP contribution in [-0.2, 0) is 0 Å². The van der Waals surface area contributed by atoms with Crippen LogP contribution in [0.25, 0.3) is 0 Å². The first-order chi connectivity index (χ1) is 9.63. The summed E-state index contributed by atoms with van der Waals surface area (Å²) in [7, 11) is 0. The quantitative estimate of drug-likeness (QED) is 0.896. The second-order valence-electron chi connectivity index (χ2n) is 4.48. The summed E-state index contributed by atoms with van der Waals surface area (Å²) in [6, 6.07) is 13.0. The molecular formula is C16H16FNO2. The van der Waals surface area contributed by atoms with Crippen molar-refractivity contribution in [3.8, 4) is 5.75 Å². The van der Waals surface area contributed by atoms with Gasteiger partial charge in [0.25, 0.3) is 5.91 Å². The predicted molar refractivity (Wildman–Crippen MR) is 75.0 cm³/mol. The van der Waals surface area contributed by atoms with Crippen molar-refractivity contribution in [2.45, 2.75) is 19.4 Å². The van der Waals surface area contributed by atoms with E-state index in [2.05, 4.69) is 5.32 Å². The van der Waals surface area contributed by atoms with Crippen LogP contribution in [0.2, 0.25) is 0 Å². The first kappa shape index (κ1) is 14.1. The minimum Gasteiger partial charge on any atom is -0.507 e. The number of hydrogen-bond donors (Lipinski definition) is 2. The highest BCUT2D eigenvalue weighted by Gasteiger charge is 2.19. The van der Waals surface area contributed by atoms with Gasteiger partial charge in [-0.2, -0.15) is 0 Å². The summed E-state index contributed by atoms with van der Waals surface area (Å²) < 4.78 is 13.6. The van der Waals surface area contributed by atoms with Gasteiger partial charge < -0.3 is 10.4 Å². The van der Waals surface area contributed by atoms with Gasteiger partial charge >= 0.3 is 0 Å². The molecule has 0 spiro atoms. The molecule has 20 heavy (non-hydrogen) atoms. The van der Waals surface area contributed by atoms with Crippen LogP contribution in [0.4, 0.5) is 4.39 Å². The number of aromatic hydroxyl groups is 1. The summed E-state index contributed by atoms with van der Waals surface area (Å²) in [6.45, 7) is 1.93. The minimum absolute atomic E-state index is 0.220. The Morgan fingerprint density at radius 3 is 2.50 bits per heavy atom. The van der Waals surface area contributed by atoms with Crippen molar-refractivity contribution >= 4 is 5.91 Å². The van der Waals surface area contributed by atoms with Crippen molar-refractivity contribution in [2.75, 3.05) is 0 Å². The number of phenols is 1. The average Bonchev–Trinajstić information content (AvgIpc) is 2.45. The van der Waals surface area contributed by atoms with E-state index in [0.29, 0.717) is 6.42 Å². The standard InChI is InChI=1S/C16H16FNO2/c1-2-13(11-7-4-3-5-8-11)18-16(20)15-12(17)9-6-10-14(15)19/h3-10,13,19H,2H2,1H3,(H,18,20). The molecule has 2 aromatic rings. The fourth-order valence-electron chi connectivity index (χ4n) is 2.07. The maximum absolute atomic E-state index is 13.6. The van der Waals surface area contributed by atoms with Crippen LogP contribution in [0.15, 0.2) is 48.5 Å². The molecule has 0 aliphatic heterocycles. The van der Waals surface area contributed by atoms with E-state index in [1.54, 1.807) is 0 Å². The highest BCUT2D eigenvalue weighted by atomic mass is 19.1. The summed E-state index contributed by atoms with van der Waals surface area (Å²) >= 11 is 0. The molecule has 2 N–H and O–H groups in total. The van der Waals surface area contributed by atoms with Crippen LogP contribution in [0.1, 0.15) is 35.3 Å².